The number of carboxylic acid groups (broad SMARTS) is 1. The first kappa shape index (κ1) is 14.5. The normalized spacial score (nSPS) is 21.2. The molecule has 1 aromatic carbocycles. The van der Waals surface area contributed by atoms with E-state index in [1.54, 1.807) is 17.0 Å². The standard InChI is InChI=1S/C13H12BrClN2O4/c14-9-4-11-8(3-10(9)15)12(18)17-2-1-16(13(19)20)5-7(17)6-21-11/h3-4,7H,1-2,5-6H2,(H,19,20)/t7-/m1/s1. The van der Waals surface area contributed by atoms with Gasteiger partial charge in [-0.2, -0.15) is 0 Å². The molecule has 0 spiro atoms. The summed E-state index contributed by atoms with van der Waals surface area (Å²) in [4.78, 5) is 26.6. The third-order valence-electron chi connectivity index (χ3n) is 3.70. The molecule has 1 aromatic rings. The molecule has 1 N–H and O–H groups in total. The lowest BCUT2D eigenvalue weighted by Crippen LogP contribution is -2.57. The fourth-order valence-corrected chi connectivity index (χ4v) is 3.08. The van der Waals surface area contributed by atoms with E-state index in [-0.39, 0.29) is 25.1 Å². The van der Waals surface area contributed by atoms with Crippen LogP contribution in [0.5, 0.6) is 5.75 Å². The smallest absolute Gasteiger partial charge is 0.407 e. The van der Waals surface area contributed by atoms with E-state index in [1.165, 1.54) is 4.90 Å². The number of halogens is 2. The molecule has 1 fully saturated rings. The number of rotatable bonds is 0. The molecule has 2 amide bonds. The van der Waals surface area contributed by atoms with Crippen LogP contribution >= 0.6 is 27.5 Å². The molecule has 21 heavy (non-hydrogen) atoms. The van der Waals surface area contributed by atoms with Gasteiger partial charge in [0.15, 0.2) is 0 Å². The Bertz CT molecular complexity index is 624. The van der Waals surface area contributed by atoms with Gasteiger partial charge in [0.05, 0.1) is 16.6 Å². The molecular weight excluding hydrogens is 364 g/mol. The molecule has 0 aliphatic carbocycles. The zero-order valence-corrected chi connectivity index (χ0v) is 13.2. The van der Waals surface area contributed by atoms with Crippen molar-refractivity contribution in [2.24, 2.45) is 0 Å². The Hall–Kier alpha value is -1.47. The number of carbonyl (C=O) groups is 2. The van der Waals surface area contributed by atoms with Gasteiger partial charge in [-0.15, -0.1) is 0 Å². The highest BCUT2D eigenvalue weighted by atomic mass is 79.9. The second-order valence-electron chi connectivity index (χ2n) is 4.95. The maximum atomic E-state index is 12.6. The zero-order valence-electron chi connectivity index (χ0n) is 10.9. The molecule has 1 saturated heterocycles. The second kappa shape index (κ2) is 5.38. The second-order valence-corrected chi connectivity index (χ2v) is 6.22. The van der Waals surface area contributed by atoms with Crippen LogP contribution in [0.25, 0.3) is 0 Å². The summed E-state index contributed by atoms with van der Waals surface area (Å²) < 4.78 is 6.34. The van der Waals surface area contributed by atoms with E-state index in [0.717, 1.165) is 0 Å². The average molecular weight is 376 g/mol. The summed E-state index contributed by atoms with van der Waals surface area (Å²) in [5.74, 6) is 0.291. The molecule has 0 radical (unpaired) electrons. The monoisotopic (exact) mass is 374 g/mol. The highest BCUT2D eigenvalue weighted by Gasteiger charge is 2.36. The van der Waals surface area contributed by atoms with Crippen LogP contribution < -0.4 is 4.74 Å². The van der Waals surface area contributed by atoms with E-state index >= 15 is 0 Å². The lowest BCUT2D eigenvalue weighted by atomic mass is 10.1. The molecule has 112 valence electrons. The number of piperazine rings is 1. The van der Waals surface area contributed by atoms with Crippen molar-refractivity contribution in [3.8, 4) is 5.75 Å². The van der Waals surface area contributed by atoms with Crippen molar-refractivity contribution in [2.75, 3.05) is 26.2 Å². The van der Waals surface area contributed by atoms with Gasteiger partial charge in [0.1, 0.15) is 12.4 Å². The summed E-state index contributed by atoms with van der Waals surface area (Å²) in [5, 5.41) is 9.51. The summed E-state index contributed by atoms with van der Waals surface area (Å²) in [7, 11) is 0. The third kappa shape index (κ3) is 2.55. The van der Waals surface area contributed by atoms with Gasteiger partial charge in [-0.25, -0.2) is 4.79 Å². The number of hydrogen-bond donors (Lipinski definition) is 1. The van der Waals surface area contributed by atoms with Crippen molar-refractivity contribution in [3.05, 3.63) is 27.2 Å². The van der Waals surface area contributed by atoms with Crippen molar-refractivity contribution in [1.29, 1.82) is 0 Å². The van der Waals surface area contributed by atoms with Crippen LogP contribution in [0, 0.1) is 0 Å². The number of carbonyl (C=O) groups excluding carboxylic acids is 1. The molecule has 1 atom stereocenters. The molecule has 2 heterocycles. The predicted octanol–water partition coefficient (Wildman–Crippen LogP) is 2.30. The maximum absolute atomic E-state index is 12.6. The summed E-state index contributed by atoms with van der Waals surface area (Å²) in [6.07, 6.45) is -0.977. The molecule has 2 aliphatic heterocycles. The molecule has 0 aromatic heterocycles. The van der Waals surface area contributed by atoms with Crippen LogP contribution in [0.2, 0.25) is 5.02 Å². The van der Waals surface area contributed by atoms with Gasteiger partial charge in [-0.05, 0) is 28.1 Å². The molecule has 0 saturated carbocycles. The molecule has 8 heteroatoms. The van der Waals surface area contributed by atoms with Crippen LogP contribution in [0.1, 0.15) is 10.4 Å². The molecule has 0 bridgehead atoms. The largest absolute Gasteiger partial charge is 0.490 e. The van der Waals surface area contributed by atoms with Gasteiger partial charge in [0.25, 0.3) is 5.91 Å². The quantitative estimate of drug-likeness (QED) is 0.755. The van der Waals surface area contributed by atoms with Gasteiger partial charge in [-0.1, -0.05) is 11.6 Å². The van der Waals surface area contributed by atoms with Gasteiger partial charge in [-0.3, -0.25) is 4.79 Å². The summed E-state index contributed by atoms with van der Waals surface area (Å²) >= 11 is 9.35. The number of fused-ring (bicyclic) bond motifs is 2. The van der Waals surface area contributed by atoms with Gasteiger partial charge in [0.2, 0.25) is 0 Å². The van der Waals surface area contributed by atoms with Crippen molar-refractivity contribution in [3.63, 3.8) is 0 Å². The van der Waals surface area contributed by atoms with Crippen LogP contribution in [-0.4, -0.2) is 59.2 Å². The van der Waals surface area contributed by atoms with Crippen molar-refractivity contribution in [1.82, 2.24) is 9.80 Å². The molecule has 0 unspecified atom stereocenters. The molecule has 6 nitrogen and oxygen atoms in total. The van der Waals surface area contributed by atoms with E-state index < -0.39 is 6.09 Å². The minimum Gasteiger partial charge on any atom is -0.490 e. The first-order valence-corrected chi connectivity index (χ1v) is 7.55. The molecule has 2 aliphatic rings. The van der Waals surface area contributed by atoms with E-state index in [4.69, 9.17) is 21.4 Å². The minimum absolute atomic E-state index is 0.174. The Morgan fingerprint density at radius 2 is 2.19 bits per heavy atom. The average Bonchev–Trinajstić information content (AvgIpc) is 2.58. The van der Waals surface area contributed by atoms with Gasteiger partial charge >= 0.3 is 6.09 Å². The van der Waals surface area contributed by atoms with Crippen molar-refractivity contribution < 1.29 is 19.4 Å². The fraction of sp³-hybridized carbons (Fsp3) is 0.385. The first-order valence-electron chi connectivity index (χ1n) is 6.38. The number of benzene rings is 1. The third-order valence-corrected chi connectivity index (χ3v) is 4.90. The number of nitrogens with zero attached hydrogens (tertiary/aromatic N) is 2. The van der Waals surface area contributed by atoms with Gasteiger partial charge < -0.3 is 19.6 Å². The van der Waals surface area contributed by atoms with E-state index in [9.17, 15) is 9.59 Å². The van der Waals surface area contributed by atoms with E-state index in [1.807, 2.05) is 0 Å². The Kier molecular flexibility index (Phi) is 3.71. The first-order chi connectivity index (χ1) is 9.97. The van der Waals surface area contributed by atoms with Crippen LogP contribution in [0.3, 0.4) is 0 Å². The Labute approximate surface area is 134 Å². The summed E-state index contributed by atoms with van der Waals surface area (Å²) in [5.41, 5.74) is 0.412. The Morgan fingerprint density at radius 1 is 1.43 bits per heavy atom. The summed E-state index contributed by atoms with van der Waals surface area (Å²) in [6, 6.07) is 2.96. The maximum Gasteiger partial charge on any atom is 0.407 e. The highest BCUT2D eigenvalue weighted by molar-refractivity contribution is 9.10. The fourth-order valence-electron chi connectivity index (χ4n) is 2.59. The molecular formula is C13H12BrClN2O4. The van der Waals surface area contributed by atoms with E-state index in [0.29, 0.717) is 33.9 Å². The number of hydrogen-bond acceptors (Lipinski definition) is 3. The van der Waals surface area contributed by atoms with Crippen LogP contribution in [0.4, 0.5) is 4.79 Å². The Morgan fingerprint density at radius 3 is 2.90 bits per heavy atom. The van der Waals surface area contributed by atoms with E-state index in [2.05, 4.69) is 15.9 Å². The Balaban J connectivity index is 1.93. The molecule has 3 rings (SSSR count). The lowest BCUT2D eigenvalue weighted by Gasteiger charge is -2.38. The predicted molar refractivity (Wildman–Crippen MR) is 79.1 cm³/mol. The lowest BCUT2D eigenvalue weighted by molar-refractivity contribution is 0.0390. The van der Waals surface area contributed by atoms with Crippen LogP contribution in [-0.2, 0) is 0 Å². The van der Waals surface area contributed by atoms with Gasteiger partial charge in [0, 0.05) is 24.1 Å². The van der Waals surface area contributed by atoms with Crippen molar-refractivity contribution in [2.45, 2.75) is 6.04 Å². The zero-order chi connectivity index (χ0) is 15.1. The topological polar surface area (TPSA) is 70.1 Å². The van der Waals surface area contributed by atoms with Crippen molar-refractivity contribution >= 4 is 39.5 Å². The number of ether oxygens (including phenoxy) is 1. The SMILES string of the molecule is O=C(O)N1CCN2C(=O)c3cc(Cl)c(Br)cc3OC[C@H]2C1. The highest BCUT2D eigenvalue weighted by Crippen LogP contribution is 2.34. The number of amides is 2. The van der Waals surface area contributed by atoms with Crippen LogP contribution in [0.15, 0.2) is 16.6 Å². The minimum atomic E-state index is -0.977. The summed E-state index contributed by atoms with van der Waals surface area (Å²) in [6.45, 7) is 1.17.